The summed E-state index contributed by atoms with van der Waals surface area (Å²) < 4.78 is 27.0. The lowest BCUT2D eigenvalue weighted by atomic mass is 9.92. The molecule has 3 aromatic rings. The Labute approximate surface area is 190 Å². The van der Waals surface area contributed by atoms with Crippen LogP contribution >= 0.6 is 0 Å². The summed E-state index contributed by atoms with van der Waals surface area (Å²) in [5.74, 6) is -0.509. The predicted molar refractivity (Wildman–Crippen MR) is 124 cm³/mol. The maximum Gasteiger partial charge on any atom is 0.225 e. The number of nitrogen functional groups attached to an aromatic ring is 2. The molecule has 0 aliphatic carbocycles. The fourth-order valence-electron chi connectivity index (χ4n) is 4.01. The lowest BCUT2D eigenvalue weighted by Gasteiger charge is -2.38. The molecule has 1 aliphatic rings. The van der Waals surface area contributed by atoms with E-state index in [0.29, 0.717) is 30.2 Å². The van der Waals surface area contributed by atoms with Crippen LogP contribution in [-0.4, -0.2) is 28.5 Å². The molecule has 0 saturated carbocycles. The Morgan fingerprint density at radius 3 is 2.58 bits per heavy atom. The second-order valence-corrected chi connectivity index (χ2v) is 8.33. The van der Waals surface area contributed by atoms with Gasteiger partial charge in [0.2, 0.25) is 11.9 Å². The standard InChI is InChI=1S/C24H26F2N6O/c1-14-2-5-17(23(33)29-12-15-3-7-18(25)8-4-15)13-32(14)22-11-21(30-24(28)31-22)16-6-9-20(27)19(26)10-16/h3-4,6-11,14,17H,2,5,12-13,27H2,1H3,(H,29,33)(H2,28,30,31)/t14-,17+/m1/s1. The highest BCUT2D eigenvalue weighted by Gasteiger charge is 2.31. The number of amides is 1. The largest absolute Gasteiger partial charge is 0.396 e. The molecule has 172 valence electrons. The van der Waals surface area contributed by atoms with Gasteiger partial charge in [0.1, 0.15) is 17.5 Å². The second-order valence-electron chi connectivity index (χ2n) is 8.33. The van der Waals surface area contributed by atoms with Crippen LogP contribution in [-0.2, 0) is 11.3 Å². The summed E-state index contributed by atoms with van der Waals surface area (Å²) in [7, 11) is 0. The molecular weight excluding hydrogens is 426 g/mol. The minimum atomic E-state index is -0.532. The third-order valence-corrected chi connectivity index (χ3v) is 5.95. The molecule has 1 aromatic heterocycles. The first-order valence-electron chi connectivity index (χ1n) is 10.8. The first-order valence-corrected chi connectivity index (χ1v) is 10.8. The van der Waals surface area contributed by atoms with Crippen LogP contribution in [0.25, 0.3) is 11.3 Å². The van der Waals surface area contributed by atoms with Crippen LogP contribution < -0.4 is 21.7 Å². The number of carbonyl (C=O) groups excluding carboxylic acids is 1. The van der Waals surface area contributed by atoms with Crippen molar-refractivity contribution in [2.24, 2.45) is 5.92 Å². The van der Waals surface area contributed by atoms with Gasteiger partial charge in [-0.1, -0.05) is 18.2 Å². The zero-order chi connectivity index (χ0) is 23.5. The average Bonchev–Trinajstić information content (AvgIpc) is 2.80. The molecule has 0 unspecified atom stereocenters. The first-order chi connectivity index (χ1) is 15.8. The van der Waals surface area contributed by atoms with Crippen LogP contribution in [0.15, 0.2) is 48.5 Å². The fraction of sp³-hybridized carbons (Fsp3) is 0.292. The zero-order valence-electron chi connectivity index (χ0n) is 18.3. The van der Waals surface area contributed by atoms with E-state index in [0.717, 1.165) is 18.4 Å². The van der Waals surface area contributed by atoms with Crippen molar-refractivity contribution in [1.82, 2.24) is 15.3 Å². The Hall–Kier alpha value is -3.75. The van der Waals surface area contributed by atoms with Gasteiger partial charge in [-0.05, 0) is 49.6 Å². The first kappa shape index (κ1) is 22.4. The molecule has 1 fully saturated rings. The number of halogens is 2. The minimum absolute atomic E-state index is 0.0557. The summed E-state index contributed by atoms with van der Waals surface area (Å²) in [6, 6.07) is 12.4. The number of hydrogen-bond donors (Lipinski definition) is 3. The number of aromatic nitrogens is 2. The van der Waals surface area contributed by atoms with Crippen molar-refractivity contribution < 1.29 is 13.6 Å². The zero-order valence-corrected chi connectivity index (χ0v) is 18.3. The monoisotopic (exact) mass is 452 g/mol. The van der Waals surface area contributed by atoms with Crippen molar-refractivity contribution in [2.75, 3.05) is 22.9 Å². The Bertz CT molecular complexity index is 1150. The van der Waals surface area contributed by atoms with Crippen LogP contribution in [0.3, 0.4) is 0 Å². The van der Waals surface area contributed by atoms with Crippen molar-refractivity contribution in [3.63, 3.8) is 0 Å². The van der Waals surface area contributed by atoms with E-state index < -0.39 is 5.82 Å². The Balaban J connectivity index is 1.50. The topological polar surface area (TPSA) is 110 Å². The molecule has 1 amide bonds. The summed E-state index contributed by atoms with van der Waals surface area (Å²) in [6.45, 7) is 2.86. The maximum absolute atomic E-state index is 14.0. The Kier molecular flexibility index (Phi) is 6.39. The van der Waals surface area contributed by atoms with E-state index in [1.807, 2.05) is 4.90 Å². The SMILES string of the molecule is C[C@@H]1CC[C@H](C(=O)NCc2ccc(F)cc2)CN1c1cc(-c2ccc(N)c(F)c2)nc(N)n1. The van der Waals surface area contributed by atoms with Gasteiger partial charge < -0.3 is 21.7 Å². The summed E-state index contributed by atoms with van der Waals surface area (Å²) in [5, 5.41) is 2.94. The molecule has 2 heterocycles. The number of nitrogens with zero attached hydrogens (tertiary/aromatic N) is 3. The smallest absolute Gasteiger partial charge is 0.225 e. The molecule has 33 heavy (non-hydrogen) atoms. The summed E-state index contributed by atoms with van der Waals surface area (Å²) >= 11 is 0. The molecule has 4 rings (SSSR count). The van der Waals surface area contributed by atoms with E-state index in [2.05, 4.69) is 22.2 Å². The van der Waals surface area contributed by atoms with Crippen LogP contribution in [0.4, 0.5) is 26.2 Å². The molecule has 0 spiro atoms. The number of piperidine rings is 1. The second kappa shape index (κ2) is 9.40. The quantitative estimate of drug-likeness (QED) is 0.511. The molecular formula is C24H26F2N6O. The molecule has 7 nitrogen and oxygen atoms in total. The van der Waals surface area contributed by atoms with Gasteiger partial charge in [-0.25, -0.2) is 13.8 Å². The van der Waals surface area contributed by atoms with Gasteiger partial charge in [0.15, 0.2) is 0 Å². The third-order valence-electron chi connectivity index (χ3n) is 5.95. The Morgan fingerprint density at radius 1 is 1.09 bits per heavy atom. The average molecular weight is 453 g/mol. The van der Waals surface area contributed by atoms with Crippen molar-refractivity contribution in [3.05, 3.63) is 65.7 Å². The van der Waals surface area contributed by atoms with E-state index in [1.165, 1.54) is 24.3 Å². The number of hydrogen-bond acceptors (Lipinski definition) is 6. The summed E-state index contributed by atoms with van der Waals surface area (Å²) in [5.41, 5.74) is 13.4. The Morgan fingerprint density at radius 2 is 1.85 bits per heavy atom. The number of nitrogens with one attached hydrogen (secondary N) is 1. The van der Waals surface area contributed by atoms with Crippen molar-refractivity contribution in [3.8, 4) is 11.3 Å². The van der Waals surface area contributed by atoms with Gasteiger partial charge >= 0.3 is 0 Å². The molecule has 2 atom stereocenters. The predicted octanol–water partition coefficient (Wildman–Crippen LogP) is 3.51. The van der Waals surface area contributed by atoms with Crippen LogP contribution in [0.1, 0.15) is 25.3 Å². The molecule has 1 saturated heterocycles. The number of nitrogens with two attached hydrogens (primary N) is 2. The maximum atomic E-state index is 14.0. The summed E-state index contributed by atoms with van der Waals surface area (Å²) in [4.78, 5) is 23.5. The van der Waals surface area contributed by atoms with E-state index in [4.69, 9.17) is 11.5 Å². The summed E-state index contributed by atoms with van der Waals surface area (Å²) in [6.07, 6.45) is 1.54. The lowest BCUT2D eigenvalue weighted by Crippen LogP contribution is -2.47. The van der Waals surface area contributed by atoms with E-state index in [-0.39, 0.29) is 35.3 Å². The fourth-order valence-corrected chi connectivity index (χ4v) is 4.01. The molecule has 5 N–H and O–H groups in total. The molecule has 0 radical (unpaired) electrons. The van der Waals surface area contributed by atoms with E-state index in [1.54, 1.807) is 24.3 Å². The van der Waals surface area contributed by atoms with Crippen molar-refractivity contribution in [2.45, 2.75) is 32.4 Å². The number of benzene rings is 2. The highest BCUT2D eigenvalue weighted by atomic mass is 19.1. The van der Waals surface area contributed by atoms with Crippen LogP contribution in [0.5, 0.6) is 0 Å². The number of carbonyl (C=O) groups is 1. The highest BCUT2D eigenvalue weighted by Crippen LogP contribution is 2.30. The number of rotatable bonds is 5. The van der Waals surface area contributed by atoms with Gasteiger partial charge in [-0.2, -0.15) is 4.98 Å². The van der Waals surface area contributed by atoms with Crippen molar-refractivity contribution in [1.29, 1.82) is 0 Å². The van der Waals surface area contributed by atoms with Crippen LogP contribution in [0.2, 0.25) is 0 Å². The van der Waals surface area contributed by atoms with E-state index in [9.17, 15) is 13.6 Å². The molecule has 2 aromatic carbocycles. The van der Waals surface area contributed by atoms with Gasteiger partial charge in [0.05, 0.1) is 17.3 Å². The van der Waals surface area contributed by atoms with Gasteiger partial charge in [0.25, 0.3) is 0 Å². The minimum Gasteiger partial charge on any atom is -0.396 e. The van der Waals surface area contributed by atoms with Gasteiger partial charge in [0, 0.05) is 30.8 Å². The van der Waals surface area contributed by atoms with Gasteiger partial charge in [-0.3, -0.25) is 4.79 Å². The third kappa shape index (κ3) is 5.19. The van der Waals surface area contributed by atoms with E-state index >= 15 is 0 Å². The van der Waals surface area contributed by atoms with Gasteiger partial charge in [-0.15, -0.1) is 0 Å². The lowest BCUT2D eigenvalue weighted by molar-refractivity contribution is -0.125. The molecule has 9 heteroatoms. The van der Waals surface area contributed by atoms with Crippen molar-refractivity contribution >= 4 is 23.4 Å². The van der Waals surface area contributed by atoms with Crippen LogP contribution in [0, 0.1) is 17.6 Å². The molecule has 0 bridgehead atoms. The molecule has 1 aliphatic heterocycles. The number of anilines is 3. The normalized spacial score (nSPS) is 18.2. The highest BCUT2D eigenvalue weighted by molar-refractivity contribution is 5.79.